The fourth-order valence-electron chi connectivity index (χ4n) is 0.668. The smallest absolute Gasteiger partial charge is 0.316 e. The average molecular weight is 265 g/mol. The molecule has 0 aliphatic carbocycles. The minimum atomic E-state index is -2.20. The Morgan fingerprint density at radius 2 is 1.47 bits per heavy atom. The molecule has 4 atom stereocenters. The van der Waals surface area contributed by atoms with Crippen molar-refractivity contribution < 1.29 is 35.4 Å². The van der Waals surface area contributed by atoms with E-state index in [1.165, 1.54) is 0 Å². The maximum atomic E-state index is 10.1. The zero-order chi connectivity index (χ0) is 10.6. The van der Waals surface area contributed by atoms with Crippen LogP contribution in [0.4, 0.5) is 0 Å². The van der Waals surface area contributed by atoms with E-state index >= 15 is 0 Å². The first-order valence-corrected chi connectivity index (χ1v) is 3.47. The van der Waals surface area contributed by atoms with Gasteiger partial charge in [0.2, 0.25) is 0 Å². The standard InChI is InChI=1S/C6H12O7.Ca.Mg.4H/c7-1-2(8)3(9)4(10)5(11)6(12)13;;;;;;/h2-5,7-11H,1H2,(H,12,13);;;;;;. The van der Waals surface area contributed by atoms with Crippen LogP contribution in [0.1, 0.15) is 0 Å². The van der Waals surface area contributed by atoms with Crippen LogP contribution in [0.2, 0.25) is 0 Å². The molecule has 0 saturated heterocycles. The summed E-state index contributed by atoms with van der Waals surface area (Å²) < 4.78 is 0. The number of hydrogen-bond donors (Lipinski definition) is 6. The Balaban J connectivity index is -0.000000720. The first-order chi connectivity index (χ1) is 5.91. The summed E-state index contributed by atoms with van der Waals surface area (Å²) in [6, 6.07) is 0. The van der Waals surface area contributed by atoms with Gasteiger partial charge in [0.25, 0.3) is 0 Å². The van der Waals surface area contributed by atoms with Gasteiger partial charge in [-0.3, -0.25) is 0 Å². The molecule has 0 aliphatic rings. The molecule has 15 heavy (non-hydrogen) atoms. The first-order valence-electron chi connectivity index (χ1n) is 3.47. The van der Waals surface area contributed by atoms with Crippen molar-refractivity contribution in [3.8, 4) is 0 Å². The van der Waals surface area contributed by atoms with E-state index in [0.717, 1.165) is 0 Å². The van der Waals surface area contributed by atoms with Gasteiger partial charge >= 0.3 is 66.8 Å². The number of carboxylic acid groups (broad SMARTS) is 1. The number of aliphatic carboxylic acids is 1. The maximum Gasteiger partial charge on any atom is 0.316 e. The fourth-order valence-corrected chi connectivity index (χ4v) is 0.668. The second-order valence-electron chi connectivity index (χ2n) is 2.51. The topological polar surface area (TPSA) is 138 Å². The number of hydrogen-bond acceptors (Lipinski definition) is 6. The molecule has 0 aliphatic heterocycles. The third kappa shape index (κ3) is 7.26. The third-order valence-corrected chi connectivity index (χ3v) is 1.51. The van der Waals surface area contributed by atoms with Gasteiger partial charge in [0.05, 0.1) is 6.61 Å². The Labute approximate surface area is 132 Å². The second-order valence-corrected chi connectivity index (χ2v) is 2.51. The molecule has 0 spiro atoms. The normalized spacial score (nSPS) is 17.7. The maximum absolute atomic E-state index is 10.1. The molecular formula is C6H16CaMgO7. The zero-order valence-electron chi connectivity index (χ0n) is 6.61. The molecule has 0 fully saturated rings. The molecular weight excluding hydrogens is 248 g/mol. The van der Waals surface area contributed by atoms with Crippen molar-refractivity contribution in [2.24, 2.45) is 0 Å². The van der Waals surface area contributed by atoms with E-state index in [9.17, 15) is 4.79 Å². The van der Waals surface area contributed by atoms with E-state index in [0.29, 0.717) is 0 Å². The van der Waals surface area contributed by atoms with Gasteiger partial charge in [0.15, 0.2) is 6.10 Å². The summed E-state index contributed by atoms with van der Waals surface area (Å²) in [6.07, 6.45) is -7.84. The molecule has 0 bridgehead atoms. The molecule has 0 rings (SSSR count). The van der Waals surface area contributed by atoms with Crippen molar-refractivity contribution >= 4 is 66.8 Å². The number of rotatable bonds is 5. The van der Waals surface area contributed by atoms with Crippen LogP contribution < -0.4 is 0 Å². The van der Waals surface area contributed by atoms with Crippen LogP contribution in [0.25, 0.3) is 0 Å². The Bertz CT molecular complexity index is 181. The number of aliphatic hydroxyl groups excluding tert-OH is 5. The van der Waals surface area contributed by atoms with Crippen molar-refractivity contribution in [3.63, 3.8) is 0 Å². The van der Waals surface area contributed by atoms with Crippen LogP contribution in [0, 0.1) is 0 Å². The van der Waals surface area contributed by atoms with Gasteiger partial charge in [-0.15, -0.1) is 0 Å². The fraction of sp³-hybridized carbons (Fsp3) is 0.833. The molecule has 0 aromatic carbocycles. The Kier molecular flexibility index (Phi) is 15.0. The van der Waals surface area contributed by atoms with Gasteiger partial charge in [-0.1, -0.05) is 0 Å². The van der Waals surface area contributed by atoms with Crippen LogP contribution >= 0.6 is 0 Å². The largest absolute Gasteiger partial charge is 0.316 e. The third-order valence-electron chi connectivity index (χ3n) is 1.51. The number of carbonyl (C=O) groups is 1. The van der Waals surface area contributed by atoms with Gasteiger partial charge in [0.1, 0.15) is 18.3 Å². The van der Waals surface area contributed by atoms with E-state index in [1.54, 1.807) is 0 Å². The molecule has 0 aromatic heterocycles. The summed E-state index contributed by atoms with van der Waals surface area (Å²) in [5.74, 6) is -1.73. The predicted molar refractivity (Wildman–Crippen MR) is 55.8 cm³/mol. The van der Waals surface area contributed by atoms with E-state index in [2.05, 4.69) is 0 Å². The van der Waals surface area contributed by atoms with Crippen molar-refractivity contribution in [3.05, 3.63) is 0 Å². The van der Waals surface area contributed by atoms with Gasteiger partial charge in [-0.25, -0.2) is 4.79 Å². The quantitative estimate of drug-likeness (QED) is 0.273. The predicted octanol–water partition coefficient (Wildman–Crippen LogP) is -5.33. The van der Waals surface area contributed by atoms with E-state index in [1.807, 2.05) is 0 Å². The monoisotopic (exact) mass is 264 g/mol. The van der Waals surface area contributed by atoms with Crippen molar-refractivity contribution in [2.45, 2.75) is 24.4 Å². The van der Waals surface area contributed by atoms with Crippen molar-refractivity contribution in [1.29, 1.82) is 0 Å². The van der Waals surface area contributed by atoms with Gasteiger partial charge < -0.3 is 30.6 Å². The van der Waals surface area contributed by atoms with Gasteiger partial charge in [0, 0.05) is 0 Å². The molecule has 0 saturated carbocycles. The Morgan fingerprint density at radius 3 is 1.73 bits per heavy atom. The molecule has 7 nitrogen and oxygen atoms in total. The molecule has 0 amide bonds. The van der Waals surface area contributed by atoms with E-state index in [4.69, 9.17) is 30.6 Å². The number of aliphatic hydroxyl groups is 5. The van der Waals surface area contributed by atoms with E-state index in [-0.39, 0.29) is 60.8 Å². The Morgan fingerprint density at radius 1 is 1.07 bits per heavy atom. The Hall–Kier alpha value is 1.30. The van der Waals surface area contributed by atoms with Crippen LogP contribution in [0.3, 0.4) is 0 Å². The first kappa shape index (κ1) is 21.6. The SMILES string of the molecule is O=C(O)C(O)C(O)C(O)C(O)CO.[CaH2].[MgH2]. The molecule has 0 aromatic rings. The second kappa shape index (κ2) is 10.4. The number of carboxylic acids is 1. The molecule has 4 unspecified atom stereocenters. The van der Waals surface area contributed by atoms with E-state index < -0.39 is 37.0 Å². The van der Waals surface area contributed by atoms with Gasteiger partial charge in [-0.05, 0) is 0 Å². The summed E-state index contributed by atoms with van der Waals surface area (Å²) in [5.41, 5.74) is 0. The van der Waals surface area contributed by atoms with Gasteiger partial charge in [-0.2, -0.15) is 0 Å². The molecule has 86 valence electrons. The molecule has 0 radical (unpaired) electrons. The van der Waals surface area contributed by atoms with Crippen LogP contribution in [0.5, 0.6) is 0 Å². The molecule has 6 N–H and O–H groups in total. The zero-order valence-corrected chi connectivity index (χ0v) is 6.61. The van der Waals surface area contributed by atoms with Crippen molar-refractivity contribution in [1.82, 2.24) is 0 Å². The summed E-state index contributed by atoms with van der Waals surface area (Å²) in [4.78, 5) is 10.1. The minimum Gasteiger partial charge on any atom is 0.316 e. The van der Waals surface area contributed by atoms with Crippen LogP contribution in [-0.2, 0) is 4.79 Å². The van der Waals surface area contributed by atoms with Crippen LogP contribution in [-0.4, -0.2) is 128 Å². The van der Waals surface area contributed by atoms with Crippen LogP contribution in [0.15, 0.2) is 0 Å². The summed E-state index contributed by atoms with van der Waals surface area (Å²) >= 11 is 0. The van der Waals surface area contributed by atoms with Crippen molar-refractivity contribution in [2.75, 3.05) is 6.61 Å². The average Bonchev–Trinajstić information content (AvgIpc) is 2.12. The summed E-state index contributed by atoms with van der Waals surface area (Å²) in [7, 11) is 0. The summed E-state index contributed by atoms with van der Waals surface area (Å²) in [5, 5.41) is 51.8. The minimum absolute atomic E-state index is 0. The molecule has 9 heteroatoms. The summed E-state index contributed by atoms with van der Waals surface area (Å²) in [6.45, 7) is -0.843. The molecule has 0 heterocycles.